The van der Waals surface area contributed by atoms with E-state index in [1.54, 1.807) is 12.1 Å². The molecule has 0 spiro atoms. The van der Waals surface area contributed by atoms with Gasteiger partial charge < -0.3 is 10.1 Å². The zero-order valence-corrected chi connectivity index (χ0v) is 12.1. The van der Waals surface area contributed by atoms with Crippen LogP contribution in [0.3, 0.4) is 0 Å². The third kappa shape index (κ3) is 3.40. The van der Waals surface area contributed by atoms with E-state index in [-0.39, 0.29) is 5.69 Å². The fraction of sp³-hybridized carbons (Fsp3) is 0.600. The highest BCUT2D eigenvalue weighted by Crippen LogP contribution is 2.48. The molecule has 5 heteroatoms. The third-order valence-corrected chi connectivity index (χ3v) is 3.99. The Bertz CT molecular complexity index is 484. The van der Waals surface area contributed by atoms with Gasteiger partial charge in [0.25, 0.3) is 0 Å². The van der Waals surface area contributed by atoms with Crippen LogP contribution in [0.1, 0.15) is 39.5 Å². The summed E-state index contributed by atoms with van der Waals surface area (Å²) in [6.07, 6.45) is 4.53. The quantitative estimate of drug-likeness (QED) is 0.577. The lowest BCUT2D eigenvalue weighted by molar-refractivity contribution is -0.385. The van der Waals surface area contributed by atoms with Gasteiger partial charge in [-0.3, -0.25) is 10.1 Å². The number of nitro groups is 1. The average Bonchev–Trinajstić information content (AvgIpc) is 3.23. The summed E-state index contributed by atoms with van der Waals surface area (Å²) >= 11 is 0. The number of nitrogens with one attached hydrogen (secondary N) is 1. The first-order valence-electron chi connectivity index (χ1n) is 7.25. The van der Waals surface area contributed by atoms with E-state index in [0.29, 0.717) is 17.8 Å². The predicted molar refractivity (Wildman–Crippen MR) is 79.3 cm³/mol. The molecule has 0 aliphatic heterocycles. The Labute approximate surface area is 119 Å². The van der Waals surface area contributed by atoms with Gasteiger partial charge in [-0.1, -0.05) is 13.8 Å². The second-order valence-electron chi connectivity index (χ2n) is 5.50. The maximum atomic E-state index is 11.0. The number of benzene rings is 1. The van der Waals surface area contributed by atoms with Crippen molar-refractivity contribution in [2.45, 2.75) is 39.5 Å². The van der Waals surface area contributed by atoms with Gasteiger partial charge in [-0.15, -0.1) is 0 Å². The van der Waals surface area contributed by atoms with Crippen molar-refractivity contribution in [2.24, 2.45) is 5.41 Å². The molecule has 0 saturated heterocycles. The molecule has 0 aromatic heterocycles. The van der Waals surface area contributed by atoms with Crippen LogP contribution in [0.15, 0.2) is 18.2 Å². The molecule has 1 aliphatic rings. The first-order valence-corrected chi connectivity index (χ1v) is 7.25. The van der Waals surface area contributed by atoms with Crippen LogP contribution in [0.4, 0.5) is 11.4 Å². The predicted octanol–water partition coefficient (Wildman–Crippen LogP) is 3.99. The fourth-order valence-corrected chi connectivity index (χ4v) is 2.22. The van der Waals surface area contributed by atoms with Gasteiger partial charge in [0, 0.05) is 24.4 Å². The van der Waals surface area contributed by atoms with Crippen LogP contribution in [-0.4, -0.2) is 18.1 Å². The Balaban J connectivity index is 2.07. The molecule has 2 rings (SSSR count). The lowest BCUT2D eigenvalue weighted by Crippen LogP contribution is -2.14. The third-order valence-electron chi connectivity index (χ3n) is 3.99. The Morgan fingerprint density at radius 3 is 2.70 bits per heavy atom. The number of nitro benzene ring substituents is 1. The number of nitrogens with zero attached hydrogens (tertiary/aromatic N) is 1. The minimum Gasteiger partial charge on any atom is -0.487 e. The summed E-state index contributed by atoms with van der Waals surface area (Å²) < 4.78 is 5.48. The minimum atomic E-state index is -0.400. The van der Waals surface area contributed by atoms with Crippen molar-refractivity contribution >= 4 is 11.4 Å². The van der Waals surface area contributed by atoms with E-state index < -0.39 is 4.92 Å². The molecular formula is C15H22N2O3. The zero-order valence-electron chi connectivity index (χ0n) is 12.1. The molecule has 1 saturated carbocycles. The SMILES string of the molecule is CCCOc1cc(NCC2(CC)CC2)ccc1[N+](=O)[O-]. The van der Waals surface area contributed by atoms with Gasteiger partial charge in [0.05, 0.1) is 11.5 Å². The molecule has 0 atom stereocenters. The molecule has 20 heavy (non-hydrogen) atoms. The maximum Gasteiger partial charge on any atom is 0.311 e. The molecule has 0 amide bonds. The second-order valence-corrected chi connectivity index (χ2v) is 5.50. The summed E-state index contributed by atoms with van der Waals surface area (Å²) in [6, 6.07) is 5.00. The van der Waals surface area contributed by atoms with Crippen molar-refractivity contribution in [2.75, 3.05) is 18.5 Å². The molecule has 1 fully saturated rings. The summed E-state index contributed by atoms with van der Waals surface area (Å²) in [5, 5.41) is 14.4. The van der Waals surface area contributed by atoms with Gasteiger partial charge >= 0.3 is 5.69 Å². The Kier molecular flexibility index (Phi) is 4.47. The van der Waals surface area contributed by atoms with E-state index in [1.807, 2.05) is 6.92 Å². The Morgan fingerprint density at radius 2 is 2.15 bits per heavy atom. The van der Waals surface area contributed by atoms with E-state index in [9.17, 15) is 10.1 Å². The highest BCUT2D eigenvalue weighted by Gasteiger charge is 2.40. The summed E-state index contributed by atoms with van der Waals surface area (Å²) in [7, 11) is 0. The number of ether oxygens (including phenoxy) is 1. The van der Waals surface area contributed by atoms with Crippen molar-refractivity contribution in [1.29, 1.82) is 0 Å². The van der Waals surface area contributed by atoms with E-state index >= 15 is 0 Å². The molecular weight excluding hydrogens is 256 g/mol. The highest BCUT2D eigenvalue weighted by atomic mass is 16.6. The summed E-state index contributed by atoms with van der Waals surface area (Å²) in [4.78, 5) is 10.6. The topological polar surface area (TPSA) is 64.4 Å². The second kappa shape index (κ2) is 6.11. The van der Waals surface area contributed by atoms with Crippen LogP contribution < -0.4 is 10.1 Å². The number of hydrogen-bond donors (Lipinski definition) is 1. The lowest BCUT2D eigenvalue weighted by Gasteiger charge is -2.15. The van der Waals surface area contributed by atoms with Crippen LogP contribution in [0.25, 0.3) is 0 Å². The Morgan fingerprint density at radius 1 is 1.40 bits per heavy atom. The van der Waals surface area contributed by atoms with Crippen molar-refractivity contribution in [3.05, 3.63) is 28.3 Å². The summed E-state index contributed by atoms with van der Waals surface area (Å²) in [6.45, 7) is 5.60. The molecule has 5 nitrogen and oxygen atoms in total. The Hall–Kier alpha value is -1.78. The van der Waals surface area contributed by atoms with Crippen LogP contribution in [0, 0.1) is 15.5 Å². The standard InChI is InChI=1S/C15H22N2O3/c1-3-9-20-14-10-12(5-6-13(14)17(18)19)16-11-15(4-2)7-8-15/h5-6,10,16H,3-4,7-9,11H2,1-2H3. The zero-order chi connectivity index (χ0) is 14.6. The molecule has 0 unspecified atom stereocenters. The van der Waals surface area contributed by atoms with Gasteiger partial charge in [0.1, 0.15) is 0 Å². The van der Waals surface area contributed by atoms with Gasteiger partial charge in [0.2, 0.25) is 0 Å². The molecule has 1 aromatic rings. The van der Waals surface area contributed by atoms with E-state index in [4.69, 9.17) is 4.74 Å². The first-order chi connectivity index (χ1) is 9.60. The van der Waals surface area contributed by atoms with E-state index in [2.05, 4.69) is 12.2 Å². The van der Waals surface area contributed by atoms with Gasteiger partial charge in [0.15, 0.2) is 5.75 Å². The van der Waals surface area contributed by atoms with Gasteiger partial charge in [-0.25, -0.2) is 0 Å². The van der Waals surface area contributed by atoms with Crippen LogP contribution >= 0.6 is 0 Å². The van der Waals surface area contributed by atoms with Gasteiger partial charge in [-0.05, 0) is 37.2 Å². The molecule has 110 valence electrons. The number of anilines is 1. The average molecular weight is 278 g/mol. The minimum absolute atomic E-state index is 0.0284. The first kappa shape index (κ1) is 14.6. The van der Waals surface area contributed by atoms with Crippen molar-refractivity contribution in [3.8, 4) is 5.75 Å². The van der Waals surface area contributed by atoms with Crippen LogP contribution in [0.2, 0.25) is 0 Å². The van der Waals surface area contributed by atoms with Crippen molar-refractivity contribution < 1.29 is 9.66 Å². The molecule has 0 bridgehead atoms. The molecule has 1 aromatic carbocycles. The monoisotopic (exact) mass is 278 g/mol. The summed E-state index contributed by atoms with van der Waals surface area (Å²) in [5.74, 6) is 0.350. The lowest BCUT2D eigenvalue weighted by atomic mass is 10.0. The van der Waals surface area contributed by atoms with Crippen molar-refractivity contribution in [3.63, 3.8) is 0 Å². The smallest absolute Gasteiger partial charge is 0.311 e. The van der Waals surface area contributed by atoms with Crippen molar-refractivity contribution in [1.82, 2.24) is 0 Å². The normalized spacial score (nSPS) is 15.7. The molecule has 1 aliphatic carbocycles. The van der Waals surface area contributed by atoms with E-state index in [0.717, 1.165) is 18.7 Å². The maximum absolute atomic E-state index is 11.0. The number of hydrogen-bond acceptors (Lipinski definition) is 4. The largest absolute Gasteiger partial charge is 0.487 e. The molecule has 0 radical (unpaired) electrons. The van der Waals surface area contributed by atoms with Crippen LogP contribution in [-0.2, 0) is 0 Å². The van der Waals surface area contributed by atoms with Crippen LogP contribution in [0.5, 0.6) is 5.75 Å². The van der Waals surface area contributed by atoms with E-state index in [1.165, 1.54) is 25.3 Å². The van der Waals surface area contributed by atoms with Gasteiger partial charge in [-0.2, -0.15) is 0 Å². The summed E-state index contributed by atoms with van der Waals surface area (Å²) in [5.41, 5.74) is 1.36. The molecule has 1 N–H and O–H groups in total. The molecule has 0 heterocycles. The fourth-order valence-electron chi connectivity index (χ4n) is 2.22. The highest BCUT2D eigenvalue weighted by molar-refractivity contribution is 5.58. The number of rotatable bonds is 8.